The van der Waals surface area contributed by atoms with Gasteiger partial charge < -0.3 is 4.90 Å². The normalized spacial score (nSPS) is 22.5. The van der Waals surface area contributed by atoms with E-state index in [4.69, 9.17) is 11.6 Å². The molecule has 0 bridgehead atoms. The fourth-order valence-electron chi connectivity index (χ4n) is 1.68. The Morgan fingerprint density at radius 1 is 1.53 bits per heavy atom. The Kier molecular flexibility index (Phi) is 3.53. The van der Waals surface area contributed by atoms with Crippen LogP contribution in [0.3, 0.4) is 0 Å². The summed E-state index contributed by atoms with van der Waals surface area (Å²) in [5.74, 6) is 0.0377. The predicted molar refractivity (Wildman–Crippen MR) is 59.3 cm³/mol. The van der Waals surface area contributed by atoms with Crippen LogP contribution in [-0.2, 0) is 0 Å². The highest BCUT2D eigenvalue weighted by molar-refractivity contribution is 7.07. The molecule has 1 aromatic rings. The van der Waals surface area contributed by atoms with Gasteiger partial charge in [0.25, 0.3) is 5.91 Å². The summed E-state index contributed by atoms with van der Waals surface area (Å²) in [5, 5.41) is 3.88. The van der Waals surface area contributed by atoms with Crippen molar-refractivity contribution in [3.63, 3.8) is 0 Å². The maximum absolute atomic E-state index is 11.9. The lowest BCUT2D eigenvalue weighted by molar-refractivity contribution is 0.0766. The van der Waals surface area contributed by atoms with Gasteiger partial charge in [0.1, 0.15) is 4.88 Å². The van der Waals surface area contributed by atoms with Crippen molar-refractivity contribution in [3.8, 4) is 0 Å². The third kappa shape index (κ3) is 2.66. The average molecular weight is 246 g/mol. The molecule has 6 heteroatoms. The van der Waals surface area contributed by atoms with Crippen molar-refractivity contribution in [1.82, 2.24) is 14.5 Å². The summed E-state index contributed by atoms with van der Waals surface area (Å²) in [5.41, 5.74) is 0. The van der Waals surface area contributed by atoms with Gasteiger partial charge in [-0.15, -0.1) is 16.7 Å². The molecular weight excluding hydrogens is 234 g/mol. The molecule has 2 rings (SSSR count). The molecule has 1 aromatic heterocycles. The highest BCUT2D eigenvalue weighted by atomic mass is 35.5. The van der Waals surface area contributed by atoms with Crippen LogP contribution in [0, 0.1) is 0 Å². The Bertz CT molecular complexity index is 330. The van der Waals surface area contributed by atoms with Crippen LogP contribution in [0.15, 0.2) is 6.20 Å². The molecule has 2 heterocycles. The second kappa shape index (κ2) is 4.90. The van der Waals surface area contributed by atoms with Gasteiger partial charge in [-0.2, -0.15) is 0 Å². The van der Waals surface area contributed by atoms with Crippen LogP contribution < -0.4 is 0 Å². The number of halogens is 1. The Balaban J connectivity index is 2.01. The van der Waals surface area contributed by atoms with Crippen LogP contribution >= 0.6 is 23.1 Å². The van der Waals surface area contributed by atoms with E-state index in [1.165, 1.54) is 6.20 Å². The minimum Gasteiger partial charge on any atom is -0.338 e. The van der Waals surface area contributed by atoms with Crippen molar-refractivity contribution in [2.75, 3.05) is 13.1 Å². The fraction of sp³-hybridized carbons (Fsp3) is 0.667. The van der Waals surface area contributed by atoms with Crippen molar-refractivity contribution in [3.05, 3.63) is 11.1 Å². The summed E-state index contributed by atoms with van der Waals surface area (Å²) in [6.07, 6.45) is 4.37. The third-order valence-electron chi connectivity index (χ3n) is 2.52. The number of carbonyl (C=O) groups excluding carboxylic acids is 1. The lowest BCUT2D eigenvalue weighted by Gasteiger charge is -2.18. The lowest BCUT2D eigenvalue weighted by Crippen LogP contribution is -2.31. The van der Waals surface area contributed by atoms with E-state index in [0.29, 0.717) is 4.88 Å². The maximum atomic E-state index is 11.9. The first-order valence-electron chi connectivity index (χ1n) is 4.98. The molecule has 0 radical (unpaired) electrons. The molecule has 0 N–H and O–H groups in total. The summed E-state index contributed by atoms with van der Waals surface area (Å²) in [7, 11) is 0. The number of hydrogen-bond donors (Lipinski definition) is 0. The molecule has 1 saturated heterocycles. The molecule has 1 amide bonds. The monoisotopic (exact) mass is 245 g/mol. The first kappa shape index (κ1) is 10.8. The zero-order valence-electron chi connectivity index (χ0n) is 8.23. The van der Waals surface area contributed by atoms with Crippen molar-refractivity contribution < 1.29 is 4.79 Å². The molecular formula is C9H12ClN3OS. The standard InChI is InChI=1S/C9H12ClN3OS/c10-7-2-1-4-13(5-3-7)9(14)8-6-11-12-15-8/h6-7H,1-5H2. The molecule has 0 aliphatic carbocycles. The van der Waals surface area contributed by atoms with Crippen LogP contribution in [0.4, 0.5) is 0 Å². The first-order chi connectivity index (χ1) is 7.27. The summed E-state index contributed by atoms with van der Waals surface area (Å²) in [4.78, 5) is 14.4. The number of carbonyl (C=O) groups is 1. The van der Waals surface area contributed by atoms with Crippen LogP contribution in [0.2, 0.25) is 0 Å². The number of amides is 1. The topological polar surface area (TPSA) is 46.1 Å². The second-order valence-corrected chi connectivity index (χ2v) is 5.01. The highest BCUT2D eigenvalue weighted by Gasteiger charge is 2.21. The number of nitrogens with zero attached hydrogens (tertiary/aromatic N) is 3. The van der Waals surface area contributed by atoms with Crippen LogP contribution in [0.5, 0.6) is 0 Å². The molecule has 1 unspecified atom stereocenters. The van der Waals surface area contributed by atoms with Crippen LogP contribution in [0.1, 0.15) is 28.9 Å². The van der Waals surface area contributed by atoms with Gasteiger partial charge in [-0.1, -0.05) is 4.49 Å². The molecule has 1 atom stereocenters. The second-order valence-electron chi connectivity index (χ2n) is 3.60. The Labute approximate surface area is 97.4 Å². The zero-order chi connectivity index (χ0) is 10.7. The van der Waals surface area contributed by atoms with Crippen molar-refractivity contribution in [1.29, 1.82) is 0 Å². The van der Waals surface area contributed by atoms with E-state index in [0.717, 1.165) is 43.9 Å². The summed E-state index contributed by atoms with van der Waals surface area (Å²) in [6.45, 7) is 1.53. The fourth-order valence-corrected chi connectivity index (χ4v) is 2.41. The minimum atomic E-state index is 0.0377. The van der Waals surface area contributed by atoms with E-state index in [9.17, 15) is 4.79 Å². The van der Waals surface area contributed by atoms with E-state index in [1.54, 1.807) is 0 Å². The van der Waals surface area contributed by atoms with Crippen LogP contribution in [-0.4, -0.2) is 38.9 Å². The molecule has 1 fully saturated rings. The van der Waals surface area contributed by atoms with Gasteiger partial charge in [0.05, 0.1) is 6.20 Å². The van der Waals surface area contributed by atoms with Gasteiger partial charge in [-0.05, 0) is 30.8 Å². The molecule has 4 nitrogen and oxygen atoms in total. The van der Waals surface area contributed by atoms with E-state index >= 15 is 0 Å². The highest BCUT2D eigenvalue weighted by Crippen LogP contribution is 2.18. The van der Waals surface area contributed by atoms with E-state index < -0.39 is 0 Å². The first-order valence-corrected chi connectivity index (χ1v) is 6.19. The smallest absolute Gasteiger partial charge is 0.267 e. The van der Waals surface area contributed by atoms with Gasteiger partial charge in [-0.25, -0.2) is 0 Å². The molecule has 0 saturated carbocycles. The minimum absolute atomic E-state index is 0.0377. The summed E-state index contributed by atoms with van der Waals surface area (Å²) < 4.78 is 3.69. The van der Waals surface area contributed by atoms with Gasteiger partial charge in [-0.3, -0.25) is 4.79 Å². The lowest BCUT2D eigenvalue weighted by atomic mass is 10.2. The van der Waals surface area contributed by atoms with Gasteiger partial charge in [0.2, 0.25) is 0 Å². The molecule has 15 heavy (non-hydrogen) atoms. The molecule has 0 spiro atoms. The molecule has 1 aliphatic rings. The number of alkyl halides is 1. The number of likely N-dealkylation sites (tertiary alicyclic amines) is 1. The quantitative estimate of drug-likeness (QED) is 0.709. The van der Waals surface area contributed by atoms with Crippen LogP contribution in [0.25, 0.3) is 0 Å². The predicted octanol–water partition coefficient (Wildman–Crippen LogP) is 1.77. The SMILES string of the molecule is O=C(c1cnns1)N1CCCC(Cl)CC1. The van der Waals surface area contributed by atoms with Gasteiger partial charge in [0.15, 0.2) is 0 Å². The van der Waals surface area contributed by atoms with E-state index in [1.807, 2.05) is 4.90 Å². The third-order valence-corrected chi connectivity index (χ3v) is 3.61. The zero-order valence-corrected chi connectivity index (χ0v) is 9.80. The number of aromatic nitrogens is 2. The average Bonchev–Trinajstić information content (AvgIpc) is 2.67. The van der Waals surface area contributed by atoms with Gasteiger partial charge in [0, 0.05) is 18.5 Å². The van der Waals surface area contributed by atoms with Crippen molar-refractivity contribution in [2.24, 2.45) is 0 Å². The molecule has 1 aliphatic heterocycles. The number of hydrogen-bond acceptors (Lipinski definition) is 4. The molecule has 0 aromatic carbocycles. The Morgan fingerprint density at radius 3 is 3.13 bits per heavy atom. The molecule has 82 valence electrons. The maximum Gasteiger partial charge on any atom is 0.267 e. The largest absolute Gasteiger partial charge is 0.338 e. The number of rotatable bonds is 1. The van der Waals surface area contributed by atoms with Gasteiger partial charge >= 0.3 is 0 Å². The van der Waals surface area contributed by atoms with Crippen molar-refractivity contribution >= 4 is 29.0 Å². The summed E-state index contributed by atoms with van der Waals surface area (Å²) >= 11 is 7.20. The summed E-state index contributed by atoms with van der Waals surface area (Å²) in [6, 6.07) is 0. The Hall–Kier alpha value is -0.680. The van der Waals surface area contributed by atoms with E-state index in [-0.39, 0.29) is 11.3 Å². The van der Waals surface area contributed by atoms with Crippen molar-refractivity contribution in [2.45, 2.75) is 24.6 Å². The van der Waals surface area contributed by atoms with E-state index in [2.05, 4.69) is 9.59 Å². The Morgan fingerprint density at radius 2 is 2.40 bits per heavy atom.